The van der Waals surface area contributed by atoms with Crippen LogP contribution in [0.15, 0.2) is 29.2 Å². The smallest absolute Gasteiger partial charge is 0.326 e. The lowest BCUT2D eigenvalue weighted by molar-refractivity contribution is -0.143. The molecule has 1 amide bonds. The number of amides is 1. The second-order valence-corrected chi connectivity index (χ2v) is 6.21. The lowest BCUT2D eigenvalue weighted by atomic mass is 10.0. The molecule has 5 nitrogen and oxygen atoms in total. The third-order valence-corrected chi connectivity index (χ3v) is 4.42. The van der Waals surface area contributed by atoms with Gasteiger partial charge in [-0.3, -0.25) is 9.00 Å². The molecular weight excluding hydrogens is 278 g/mol. The van der Waals surface area contributed by atoms with Crippen molar-refractivity contribution in [1.82, 2.24) is 4.90 Å². The topological polar surface area (TPSA) is 74.7 Å². The third kappa shape index (κ3) is 3.07. The average molecular weight is 295 g/mol. The molecule has 0 spiro atoms. The fraction of sp³-hybridized carbons (Fsp3) is 0.429. The Morgan fingerprint density at radius 1 is 1.25 bits per heavy atom. The zero-order valence-electron chi connectivity index (χ0n) is 11.2. The molecule has 0 radical (unpaired) electrons. The van der Waals surface area contributed by atoms with Crippen molar-refractivity contribution in [3.8, 4) is 0 Å². The number of carboxylic acids is 1. The summed E-state index contributed by atoms with van der Waals surface area (Å²) in [4.78, 5) is 25.7. The van der Waals surface area contributed by atoms with Crippen LogP contribution in [0.4, 0.5) is 0 Å². The Kier molecular flexibility index (Phi) is 4.54. The summed E-state index contributed by atoms with van der Waals surface area (Å²) >= 11 is 0. The van der Waals surface area contributed by atoms with Crippen LogP contribution in [0, 0.1) is 0 Å². The number of nitrogens with zero attached hydrogens (tertiary/aromatic N) is 1. The van der Waals surface area contributed by atoms with Gasteiger partial charge in [0.1, 0.15) is 6.04 Å². The van der Waals surface area contributed by atoms with Crippen LogP contribution in [-0.4, -0.2) is 44.9 Å². The number of benzene rings is 1. The van der Waals surface area contributed by atoms with E-state index in [9.17, 15) is 18.9 Å². The summed E-state index contributed by atoms with van der Waals surface area (Å²) in [5, 5.41) is 9.19. The van der Waals surface area contributed by atoms with Gasteiger partial charge in [-0.2, -0.15) is 0 Å². The van der Waals surface area contributed by atoms with E-state index in [1.165, 1.54) is 4.90 Å². The molecule has 20 heavy (non-hydrogen) atoms. The molecule has 1 aromatic carbocycles. The van der Waals surface area contributed by atoms with Crippen LogP contribution in [-0.2, 0) is 15.6 Å². The molecule has 0 saturated carbocycles. The molecule has 0 unspecified atom stereocenters. The van der Waals surface area contributed by atoms with Crippen molar-refractivity contribution in [3.05, 3.63) is 29.8 Å². The Labute approximate surface area is 120 Å². The van der Waals surface area contributed by atoms with Gasteiger partial charge in [-0.1, -0.05) is 0 Å². The molecule has 2 atom stereocenters. The van der Waals surface area contributed by atoms with Crippen molar-refractivity contribution in [2.75, 3.05) is 12.8 Å². The van der Waals surface area contributed by atoms with E-state index in [0.29, 0.717) is 23.4 Å². The highest BCUT2D eigenvalue weighted by Crippen LogP contribution is 2.20. The van der Waals surface area contributed by atoms with Gasteiger partial charge in [-0.15, -0.1) is 0 Å². The van der Waals surface area contributed by atoms with E-state index in [1.807, 2.05) is 0 Å². The number of hydrogen-bond donors (Lipinski definition) is 1. The number of carboxylic acid groups (broad SMARTS) is 1. The van der Waals surface area contributed by atoms with Crippen LogP contribution in [0.1, 0.15) is 29.6 Å². The fourth-order valence-electron chi connectivity index (χ4n) is 2.39. The molecule has 1 fully saturated rings. The molecule has 1 heterocycles. The summed E-state index contributed by atoms with van der Waals surface area (Å²) < 4.78 is 11.3. The monoisotopic (exact) mass is 295 g/mol. The van der Waals surface area contributed by atoms with E-state index in [-0.39, 0.29) is 5.91 Å². The first-order valence-electron chi connectivity index (χ1n) is 6.48. The number of piperidine rings is 1. The van der Waals surface area contributed by atoms with Crippen LogP contribution >= 0.6 is 0 Å². The van der Waals surface area contributed by atoms with Gasteiger partial charge < -0.3 is 10.0 Å². The second kappa shape index (κ2) is 6.17. The van der Waals surface area contributed by atoms with Crippen LogP contribution in [0.25, 0.3) is 0 Å². The number of carbonyl (C=O) groups excluding carboxylic acids is 1. The highest BCUT2D eigenvalue weighted by molar-refractivity contribution is 7.84. The maximum atomic E-state index is 12.4. The molecule has 1 saturated heterocycles. The molecule has 1 N–H and O–H groups in total. The molecule has 2 rings (SSSR count). The number of rotatable bonds is 3. The average Bonchev–Trinajstić information content (AvgIpc) is 2.46. The zero-order valence-corrected chi connectivity index (χ0v) is 12.1. The Bertz CT molecular complexity index is 541. The minimum atomic E-state index is -1.09. The van der Waals surface area contributed by atoms with Crippen molar-refractivity contribution < 1.29 is 18.9 Å². The lowest BCUT2D eigenvalue weighted by Gasteiger charge is -2.33. The maximum Gasteiger partial charge on any atom is 0.326 e. The van der Waals surface area contributed by atoms with Crippen LogP contribution in [0.2, 0.25) is 0 Å². The summed E-state index contributed by atoms with van der Waals surface area (Å²) in [6.45, 7) is 0.470. The molecule has 0 aromatic heterocycles. The van der Waals surface area contributed by atoms with Crippen LogP contribution in [0.5, 0.6) is 0 Å². The number of likely N-dealkylation sites (tertiary alicyclic amines) is 1. The van der Waals surface area contributed by atoms with Gasteiger partial charge in [0.05, 0.1) is 0 Å². The highest BCUT2D eigenvalue weighted by Gasteiger charge is 2.32. The third-order valence-electron chi connectivity index (χ3n) is 3.48. The molecule has 1 aliphatic rings. The molecule has 108 valence electrons. The van der Waals surface area contributed by atoms with E-state index >= 15 is 0 Å². The second-order valence-electron chi connectivity index (χ2n) is 4.83. The van der Waals surface area contributed by atoms with Gasteiger partial charge >= 0.3 is 5.97 Å². The first kappa shape index (κ1) is 14.7. The van der Waals surface area contributed by atoms with Crippen LogP contribution in [0.3, 0.4) is 0 Å². The molecule has 0 aliphatic carbocycles. The standard InChI is InChI=1S/C14H17NO4S/c1-20(19)11-7-5-10(6-8-11)13(16)15-9-3-2-4-12(15)14(17)18/h5-8,12H,2-4,9H2,1H3,(H,17,18)/t12-,20+/m1/s1. The quantitative estimate of drug-likeness (QED) is 0.917. The molecule has 1 aromatic rings. The summed E-state index contributed by atoms with van der Waals surface area (Å²) in [6.07, 6.45) is 3.72. The van der Waals surface area contributed by atoms with E-state index in [4.69, 9.17) is 0 Å². The SMILES string of the molecule is C[S@](=O)c1ccc(C(=O)N2CCCC[C@@H]2C(=O)O)cc1. The van der Waals surface area contributed by atoms with Crippen molar-refractivity contribution in [2.24, 2.45) is 0 Å². The summed E-state index contributed by atoms with van der Waals surface area (Å²) in [5.41, 5.74) is 0.437. The van der Waals surface area contributed by atoms with Gasteiger partial charge in [0, 0.05) is 34.1 Å². The normalized spacial score (nSPS) is 20.4. The van der Waals surface area contributed by atoms with Crippen molar-refractivity contribution in [1.29, 1.82) is 0 Å². The van der Waals surface area contributed by atoms with Gasteiger partial charge in [0.2, 0.25) is 0 Å². The lowest BCUT2D eigenvalue weighted by Crippen LogP contribution is -2.47. The predicted molar refractivity (Wildman–Crippen MR) is 75.1 cm³/mol. The van der Waals surface area contributed by atoms with E-state index < -0.39 is 22.8 Å². The van der Waals surface area contributed by atoms with Gasteiger partial charge in [0.15, 0.2) is 0 Å². The molecule has 6 heteroatoms. The molecular formula is C14H17NO4S. The maximum absolute atomic E-state index is 12.4. The summed E-state index contributed by atoms with van der Waals surface area (Å²) in [5.74, 6) is -1.23. The predicted octanol–water partition coefficient (Wildman–Crippen LogP) is 1.50. The number of hydrogen-bond acceptors (Lipinski definition) is 3. The first-order valence-corrected chi connectivity index (χ1v) is 8.04. The minimum Gasteiger partial charge on any atom is -0.480 e. The Morgan fingerprint density at radius 3 is 2.45 bits per heavy atom. The van der Waals surface area contributed by atoms with E-state index in [0.717, 1.165) is 12.8 Å². The molecule has 1 aliphatic heterocycles. The number of carbonyl (C=O) groups is 2. The Balaban J connectivity index is 2.20. The Hall–Kier alpha value is -1.69. The van der Waals surface area contributed by atoms with E-state index in [2.05, 4.69) is 0 Å². The molecule has 0 bridgehead atoms. The minimum absolute atomic E-state index is 0.273. The van der Waals surface area contributed by atoms with Gasteiger partial charge in [-0.05, 0) is 43.5 Å². The fourth-order valence-corrected chi connectivity index (χ4v) is 2.91. The summed E-state index contributed by atoms with van der Waals surface area (Å²) in [7, 11) is -1.09. The van der Waals surface area contributed by atoms with Crippen molar-refractivity contribution in [2.45, 2.75) is 30.2 Å². The highest BCUT2D eigenvalue weighted by atomic mass is 32.2. The van der Waals surface area contributed by atoms with Gasteiger partial charge in [-0.25, -0.2) is 4.79 Å². The summed E-state index contributed by atoms with van der Waals surface area (Å²) in [6, 6.07) is 5.75. The Morgan fingerprint density at radius 2 is 1.90 bits per heavy atom. The zero-order chi connectivity index (χ0) is 14.7. The van der Waals surface area contributed by atoms with E-state index in [1.54, 1.807) is 30.5 Å². The largest absolute Gasteiger partial charge is 0.480 e. The van der Waals surface area contributed by atoms with Gasteiger partial charge in [0.25, 0.3) is 5.91 Å². The number of aliphatic carboxylic acids is 1. The van der Waals surface area contributed by atoms with Crippen molar-refractivity contribution >= 4 is 22.7 Å². The first-order chi connectivity index (χ1) is 9.50. The van der Waals surface area contributed by atoms with Crippen LogP contribution < -0.4 is 0 Å². The van der Waals surface area contributed by atoms with Crippen molar-refractivity contribution in [3.63, 3.8) is 0 Å².